The number of amides is 1. The van der Waals surface area contributed by atoms with Gasteiger partial charge in [-0.25, -0.2) is 4.79 Å². The van der Waals surface area contributed by atoms with Crippen molar-refractivity contribution < 1.29 is 14.3 Å². The lowest BCUT2D eigenvalue weighted by molar-refractivity contribution is -0.125. The molecule has 1 unspecified atom stereocenters. The van der Waals surface area contributed by atoms with E-state index in [9.17, 15) is 14.9 Å². The number of hydrogen-bond acceptors (Lipinski definition) is 4. The zero-order valence-corrected chi connectivity index (χ0v) is 14.5. The summed E-state index contributed by atoms with van der Waals surface area (Å²) in [5.74, 6) is -1.04. The fourth-order valence-corrected chi connectivity index (χ4v) is 2.70. The summed E-state index contributed by atoms with van der Waals surface area (Å²) in [7, 11) is 0. The molecule has 0 fully saturated rings. The van der Waals surface area contributed by atoms with Gasteiger partial charge in [0.05, 0.1) is 11.6 Å². The highest BCUT2D eigenvalue weighted by Crippen LogP contribution is 2.22. The molecule has 0 radical (unpaired) electrons. The smallest absolute Gasteiger partial charge is 0.338 e. The van der Waals surface area contributed by atoms with E-state index in [1.165, 1.54) is 17.5 Å². The molecule has 0 bridgehead atoms. The highest BCUT2D eigenvalue weighted by atomic mass is 16.5. The van der Waals surface area contributed by atoms with E-state index in [0.717, 1.165) is 19.3 Å². The molecule has 128 valence electrons. The van der Waals surface area contributed by atoms with Crippen LogP contribution >= 0.6 is 0 Å². The zero-order valence-electron chi connectivity index (χ0n) is 14.5. The van der Waals surface area contributed by atoms with Gasteiger partial charge in [-0.2, -0.15) is 5.26 Å². The highest BCUT2D eigenvalue weighted by Gasteiger charge is 2.30. The van der Waals surface area contributed by atoms with E-state index >= 15 is 0 Å². The van der Waals surface area contributed by atoms with E-state index in [1.54, 1.807) is 13.0 Å². The summed E-state index contributed by atoms with van der Waals surface area (Å²) < 4.78 is 5.09. The monoisotopic (exact) mass is 328 g/mol. The summed E-state index contributed by atoms with van der Waals surface area (Å²) in [5, 5.41) is 11.8. The third-order valence-corrected chi connectivity index (χ3v) is 4.70. The van der Waals surface area contributed by atoms with Crippen molar-refractivity contribution in [2.75, 3.05) is 6.61 Å². The molecule has 0 aromatic heterocycles. The second kappa shape index (κ2) is 7.48. The number of ether oxygens (including phenoxy) is 1. The second-order valence-electron chi connectivity index (χ2n) is 6.78. The molecule has 2 rings (SSSR count). The fourth-order valence-electron chi connectivity index (χ4n) is 2.70. The number of carbonyl (C=O) groups excluding carboxylic acids is 2. The van der Waals surface area contributed by atoms with Crippen LogP contribution in [0.3, 0.4) is 0 Å². The molecule has 24 heavy (non-hydrogen) atoms. The third kappa shape index (κ3) is 4.14. The van der Waals surface area contributed by atoms with Crippen LogP contribution in [-0.4, -0.2) is 24.0 Å². The van der Waals surface area contributed by atoms with Gasteiger partial charge in [0, 0.05) is 0 Å². The Kier molecular flexibility index (Phi) is 5.61. The van der Waals surface area contributed by atoms with Gasteiger partial charge in [0.25, 0.3) is 5.91 Å². The number of fused-ring (bicyclic) bond motifs is 1. The average molecular weight is 328 g/mol. The Morgan fingerprint density at radius 1 is 1.29 bits per heavy atom. The summed E-state index contributed by atoms with van der Waals surface area (Å²) in [6, 6.07) is 7.67. The topological polar surface area (TPSA) is 79.2 Å². The Morgan fingerprint density at radius 3 is 2.58 bits per heavy atom. The Bertz CT molecular complexity index is 676. The lowest BCUT2D eigenvalue weighted by Crippen LogP contribution is -2.50. The molecular formula is C19H24N2O3. The van der Waals surface area contributed by atoms with Gasteiger partial charge in [0.2, 0.25) is 0 Å². The van der Waals surface area contributed by atoms with Crippen molar-refractivity contribution in [1.82, 2.24) is 5.32 Å². The number of esters is 1. The predicted molar refractivity (Wildman–Crippen MR) is 90.4 cm³/mol. The summed E-state index contributed by atoms with van der Waals surface area (Å²) in [6.45, 7) is 4.96. The van der Waals surface area contributed by atoms with Gasteiger partial charge in [0.15, 0.2) is 6.61 Å². The van der Waals surface area contributed by atoms with Crippen LogP contribution in [0.15, 0.2) is 18.2 Å². The molecule has 0 spiro atoms. The van der Waals surface area contributed by atoms with Crippen molar-refractivity contribution in [3.05, 3.63) is 34.9 Å². The van der Waals surface area contributed by atoms with Gasteiger partial charge >= 0.3 is 5.97 Å². The molecule has 1 atom stereocenters. The molecule has 1 aromatic carbocycles. The standard InChI is InChI=1S/C19H24N2O3/c1-13(2)19(3,12-20)21-17(22)11-24-18(23)16-9-8-14-6-4-5-7-15(14)10-16/h8-10,13H,4-7,11H2,1-3H3,(H,21,22). The number of carbonyl (C=O) groups is 2. The first-order valence-corrected chi connectivity index (χ1v) is 8.37. The Hall–Kier alpha value is -2.35. The number of rotatable bonds is 5. The third-order valence-electron chi connectivity index (χ3n) is 4.70. The number of benzene rings is 1. The molecule has 1 amide bonds. The molecule has 0 saturated carbocycles. The summed E-state index contributed by atoms with van der Waals surface area (Å²) in [4.78, 5) is 24.1. The minimum atomic E-state index is -0.977. The van der Waals surface area contributed by atoms with E-state index < -0.39 is 17.4 Å². The molecule has 1 N–H and O–H groups in total. The van der Waals surface area contributed by atoms with Crippen LogP contribution in [-0.2, 0) is 22.4 Å². The molecule has 0 saturated heterocycles. The average Bonchev–Trinajstić information content (AvgIpc) is 2.58. The normalized spacial score (nSPS) is 15.8. The summed E-state index contributed by atoms with van der Waals surface area (Å²) in [6.07, 6.45) is 4.35. The minimum absolute atomic E-state index is 0.0530. The lowest BCUT2D eigenvalue weighted by atomic mass is 9.90. The molecule has 1 aliphatic rings. The number of hydrogen-bond donors (Lipinski definition) is 1. The summed E-state index contributed by atoms with van der Waals surface area (Å²) in [5.41, 5.74) is 1.97. The van der Waals surface area contributed by atoms with Crippen molar-refractivity contribution in [2.45, 2.75) is 52.0 Å². The van der Waals surface area contributed by atoms with Crippen molar-refractivity contribution >= 4 is 11.9 Å². The fraction of sp³-hybridized carbons (Fsp3) is 0.526. The Labute approximate surface area is 143 Å². The van der Waals surface area contributed by atoms with Crippen molar-refractivity contribution in [3.63, 3.8) is 0 Å². The van der Waals surface area contributed by atoms with Crippen LogP contribution in [0.25, 0.3) is 0 Å². The molecule has 0 aliphatic heterocycles. The summed E-state index contributed by atoms with van der Waals surface area (Å²) >= 11 is 0. The van der Waals surface area contributed by atoms with Crippen LogP contribution < -0.4 is 5.32 Å². The lowest BCUT2D eigenvalue weighted by Gasteiger charge is -2.27. The number of nitrogens with one attached hydrogen (secondary N) is 1. The van der Waals surface area contributed by atoms with E-state index in [1.807, 2.05) is 26.0 Å². The molecule has 5 nitrogen and oxygen atoms in total. The van der Waals surface area contributed by atoms with Gasteiger partial charge in [0.1, 0.15) is 5.54 Å². The van der Waals surface area contributed by atoms with E-state index in [2.05, 4.69) is 11.4 Å². The Balaban J connectivity index is 1.93. The van der Waals surface area contributed by atoms with E-state index in [0.29, 0.717) is 5.56 Å². The highest BCUT2D eigenvalue weighted by molar-refractivity contribution is 5.91. The molecule has 5 heteroatoms. The van der Waals surface area contributed by atoms with E-state index in [4.69, 9.17) is 4.74 Å². The van der Waals surface area contributed by atoms with Crippen LogP contribution in [0, 0.1) is 17.2 Å². The number of aryl methyl sites for hydroxylation is 2. The van der Waals surface area contributed by atoms with Gasteiger partial charge in [-0.05, 0) is 61.8 Å². The SMILES string of the molecule is CC(C)C(C)(C#N)NC(=O)COC(=O)c1ccc2c(c1)CCCC2. The van der Waals surface area contributed by atoms with Crippen LogP contribution in [0.2, 0.25) is 0 Å². The molecule has 1 aliphatic carbocycles. The van der Waals surface area contributed by atoms with E-state index in [-0.39, 0.29) is 12.5 Å². The van der Waals surface area contributed by atoms with Gasteiger partial charge in [-0.15, -0.1) is 0 Å². The largest absolute Gasteiger partial charge is 0.452 e. The first kappa shape index (κ1) is 18.0. The number of nitrogens with zero attached hydrogens (tertiary/aromatic N) is 1. The van der Waals surface area contributed by atoms with Crippen LogP contribution in [0.5, 0.6) is 0 Å². The maximum absolute atomic E-state index is 12.1. The van der Waals surface area contributed by atoms with Gasteiger partial charge < -0.3 is 10.1 Å². The van der Waals surface area contributed by atoms with Crippen LogP contribution in [0.1, 0.15) is 55.1 Å². The predicted octanol–water partition coefficient (Wildman–Crippen LogP) is 2.78. The zero-order chi connectivity index (χ0) is 17.7. The first-order chi connectivity index (χ1) is 11.4. The van der Waals surface area contributed by atoms with Crippen molar-refractivity contribution in [1.29, 1.82) is 5.26 Å². The van der Waals surface area contributed by atoms with Gasteiger partial charge in [-0.1, -0.05) is 19.9 Å². The second-order valence-corrected chi connectivity index (χ2v) is 6.78. The van der Waals surface area contributed by atoms with Crippen molar-refractivity contribution in [3.8, 4) is 6.07 Å². The van der Waals surface area contributed by atoms with Crippen LogP contribution in [0.4, 0.5) is 0 Å². The molecule has 1 aromatic rings. The number of nitriles is 1. The van der Waals surface area contributed by atoms with Gasteiger partial charge in [-0.3, -0.25) is 4.79 Å². The maximum atomic E-state index is 12.1. The molecular weight excluding hydrogens is 304 g/mol. The Morgan fingerprint density at radius 2 is 1.96 bits per heavy atom. The first-order valence-electron chi connectivity index (χ1n) is 8.37. The quantitative estimate of drug-likeness (QED) is 0.843. The molecule has 0 heterocycles. The minimum Gasteiger partial charge on any atom is -0.452 e. The van der Waals surface area contributed by atoms with Crippen molar-refractivity contribution in [2.24, 2.45) is 5.92 Å². The maximum Gasteiger partial charge on any atom is 0.338 e.